The minimum atomic E-state index is 0.0135. The standard InChI is InChI=1S/C17H19Cl2NO/c1-4-20-17(12-5-7-15(19)11(2)9-12)14-10-13(18)6-8-16(14)21-3/h5-10,17,20H,4H2,1-3H3. The van der Waals surface area contributed by atoms with Crippen LogP contribution in [0.3, 0.4) is 0 Å². The average molecular weight is 324 g/mol. The number of hydrogen-bond acceptors (Lipinski definition) is 2. The summed E-state index contributed by atoms with van der Waals surface area (Å²) in [7, 11) is 1.67. The van der Waals surface area contributed by atoms with Crippen molar-refractivity contribution in [2.45, 2.75) is 19.9 Å². The molecular weight excluding hydrogens is 305 g/mol. The smallest absolute Gasteiger partial charge is 0.124 e. The van der Waals surface area contributed by atoms with Crippen molar-refractivity contribution in [2.75, 3.05) is 13.7 Å². The van der Waals surface area contributed by atoms with Gasteiger partial charge in [0.25, 0.3) is 0 Å². The lowest BCUT2D eigenvalue weighted by Gasteiger charge is -2.22. The maximum Gasteiger partial charge on any atom is 0.124 e. The van der Waals surface area contributed by atoms with Crippen LogP contribution >= 0.6 is 23.2 Å². The molecule has 2 aromatic carbocycles. The first kappa shape index (κ1) is 16.2. The number of aryl methyl sites for hydroxylation is 1. The van der Waals surface area contributed by atoms with Gasteiger partial charge < -0.3 is 10.1 Å². The van der Waals surface area contributed by atoms with Gasteiger partial charge >= 0.3 is 0 Å². The lowest BCUT2D eigenvalue weighted by Crippen LogP contribution is -2.22. The molecule has 2 rings (SSSR count). The van der Waals surface area contributed by atoms with E-state index in [9.17, 15) is 0 Å². The maximum atomic E-state index is 6.16. The molecule has 0 aromatic heterocycles. The SMILES string of the molecule is CCNC(c1ccc(Cl)c(C)c1)c1cc(Cl)ccc1OC. The molecule has 0 radical (unpaired) electrons. The molecule has 2 aromatic rings. The molecule has 0 aliphatic heterocycles. The molecule has 0 bridgehead atoms. The number of methoxy groups -OCH3 is 1. The van der Waals surface area contributed by atoms with Crippen LogP contribution in [0.5, 0.6) is 5.75 Å². The number of benzene rings is 2. The van der Waals surface area contributed by atoms with E-state index in [1.165, 1.54) is 0 Å². The molecule has 1 N–H and O–H groups in total. The predicted molar refractivity (Wildman–Crippen MR) is 89.7 cm³/mol. The Morgan fingerprint density at radius 2 is 1.90 bits per heavy atom. The van der Waals surface area contributed by atoms with Gasteiger partial charge in [-0.3, -0.25) is 0 Å². The molecule has 0 heterocycles. The molecule has 112 valence electrons. The molecule has 0 spiro atoms. The van der Waals surface area contributed by atoms with Crippen molar-refractivity contribution in [1.82, 2.24) is 5.32 Å². The van der Waals surface area contributed by atoms with E-state index < -0.39 is 0 Å². The van der Waals surface area contributed by atoms with Gasteiger partial charge in [0.15, 0.2) is 0 Å². The molecule has 0 fully saturated rings. The fraction of sp³-hybridized carbons (Fsp3) is 0.294. The molecule has 0 amide bonds. The molecule has 0 saturated heterocycles. The van der Waals surface area contributed by atoms with Gasteiger partial charge in [-0.2, -0.15) is 0 Å². The third-order valence-electron chi connectivity index (χ3n) is 3.43. The molecule has 0 aliphatic rings. The number of rotatable bonds is 5. The monoisotopic (exact) mass is 323 g/mol. The third-order valence-corrected chi connectivity index (χ3v) is 4.09. The average Bonchev–Trinajstić information content (AvgIpc) is 2.48. The summed E-state index contributed by atoms with van der Waals surface area (Å²) in [5, 5.41) is 4.95. The summed E-state index contributed by atoms with van der Waals surface area (Å²) in [4.78, 5) is 0. The van der Waals surface area contributed by atoms with Crippen LogP contribution in [-0.4, -0.2) is 13.7 Å². The second-order valence-corrected chi connectivity index (χ2v) is 5.73. The molecule has 0 aliphatic carbocycles. The van der Waals surface area contributed by atoms with Crippen LogP contribution in [0.2, 0.25) is 10.0 Å². The fourth-order valence-corrected chi connectivity index (χ4v) is 2.69. The first-order chi connectivity index (χ1) is 10.1. The number of hydrogen-bond donors (Lipinski definition) is 1. The van der Waals surface area contributed by atoms with Crippen molar-refractivity contribution < 1.29 is 4.74 Å². The molecule has 1 atom stereocenters. The minimum absolute atomic E-state index is 0.0135. The Kier molecular flexibility index (Phi) is 5.51. The van der Waals surface area contributed by atoms with Crippen LogP contribution in [0.1, 0.15) is 29.7 Å². The van der Waals surface area contributed by atoms with Crippen molar-refractivity contribution in [1.29, 1.82) is 0 Å². The molecule has 4 heteroatoms. The Morgan fingerprint density at radius 1 is 1.14 bits per heavy atom. The predicted octanol–water partition coefficient (Wildman–Crippen LogP) is 5.01. The number of nitrogens with one attached hydrogen (secondary N) is 1. The van der Waals surface area contributed by atoms with E-state index in [0.717, 1.165) is 34.0 Å². The van der Waals surface area contributed by atoms with E-state index in [4.69, 9.17) is 27.9 Å². The Morgan fingerprint density at radius 3 is 2.52 bits per heavy atom. The van der Waals surface area contributed by atoms with E-state index in [2.05, 4.69) is 18.3 Å². The van der Waals surface area contributed by atoms with Gasteiger partial charge in [0.05, 0.1) is 13.2 Å². The normalized spacial score (nSPS) is 12.2. The summed E-state index contributed by atoms with van der Waals surface area (Å²) in [6.45, 7) is 4.92. The van der Waals surface area contributed by atoms with E-state index in [1.807, 2.05) is 37.3 Å². The molecule has 2 nitrogen and oxygen atoms in total. The van der Waals surface area contributed by atoms with Gasteiger partial charge in [0, 0.05) is 15.6 Å². The number of halogens is 2. The molecule has 1 unspecified atom stereocenters. The fourth-order valence-electron chi connectivity index (χ4n) is 2.39. The minimum Gasteiger partial charge on any atom is -0.496 e. The highest BCUT2D eigenvalue weighted by Gasteiger charge is 2.18. The summed E-state index contributed by atoms with van der Waals surface area (Å²) >= 11 is 12.3. The summed E-state index contributed by atoms with van der Waals surface area (Å²) in [6, 6.07) is 11.7. The van der Waals surface area contributed by atoms with Crippen molar-refractivity contribution in [3.63, 3.8) is 0 Å². The summed E-state index contributed by atoms with van der Waals surface area (Å²) in [5.41, 5.74) is 3.21. The van der Waals surface area contributed by atoms with Gasteiger partial charge in [-0.1, -0.05) is 42.3 Å². The van der Waals surface area contributed by atoms with E-state index in [-0.39, 0.29) is 6.04 Å². The quantitative estimate of drug-likeness (QED) is 0.835. The van der Waals surface area contributed by atoms with Gasteiger partial charge in [-0.15, -0.1) is 0 Å². The van der Waals surface area contributed by atoms with Gasteiger partial charge in [0.1, 0.15) is 5.75 Å². The van der Waals surface area contributed by atoms with Gasteiger partial charge in [-0.05, 0) is 48.9 Å². The van der Waals surface area contributed by atoms with Gasteiger partial charge in [-0.25, -0.2) is 0 Å². The Balaban J connectivity index is 2.52. The number of ether oxygens (including phenoxy) is 1. The zero-order valence-corrected chi connectivity index (χ0v) is 13.9. The highest BCUT2D eigenvalue weighted by molar-refractivity contribution is 6.31. The lowest BCUT2D eigenvalue weighted by molar-refractivity contribution is 0.404. The van der Waals surface area contributed by atoms with E-state index in [1.54, 1.807) is 7.11 Å². The highest BCUT2D eigenvalue weighted by Crippen LogP contribution is 2.33. The summed E-state index contributed by atoms with van der Waals surface area (Å²) in [5.74, 6) is 0.818. The van der Waals surface area contributed by atoms with E-state index in [0.29, 0.717) is 5.02 Å². The topological polar surface area (TPSA) is 21.3 Å². The second kappa shape index (κ2) is 7.17. The molecule has 21 heavy (non-hydrogen) atoms. The summed E-state index contributed by atoms with van der Waals surface area (Å²) < 4.78 is 5.48. The van der Waals surface area contributed by atoms with Crippen LogP contribution in [0.4, 0.5) is 0 Å². The summed E-state index contributed by atoms with van der Waals surface area (Å²) in [6.07, 6.45) is 0. The lowest BCUT2D eigenvalue weighted by atomic mass is 9.96. The van der Waals surface area contributed by atoms with Gasteiger partial charge in [0.2, 0.25) is 0 Å². The van der Waals surface area contributed by atoms with Crippen LogP contribution in [0, 0.1) is 6.92 Å². The van der Waals surface area contributed by atoms with Crippen LogP contribution in [0.25, 0.3) is 0 Å². The molecular formula is C17H19Cl2NO. The maximum absolute atomic E-state index is 6.16. The highest BCUT2D eigenvalue weighted by atomic mass is 35.5. The Bertz CT molecular complexity index is 628. The van der Waals surface area contributed by atoms with Crippen LogP contribution < -0.4 is 10.1 Å². The zero-order chi connectivity index (χ0) is 15.4. The van der Waals surface area contributed by atoms with E-state index >= 15 is 0 Å². The Hall–Kier alpha value is -1.22. The zero-order valence-electron chi connectivity index (χ0n) is 12.4. The first-order valence-electron chi connectivity index (χ1n) is 6.89. The second-order valence-electron chi connectivity index (χ2n) is 4.89. The Labute approximate surface area is 136 Å². The van der Waals surface area contributed by atoms with Crippen molar-refractivity contribution in [3.05, 3.63) is 63.1 Å². The van der Waals surface area contributed by atoms with Crippen LogP contribution in [-0.2, 0) is 0 Å². The van der Waals surface area contributed by atoms with Crippen molar-refractivity contribution in [3.8, 4) is 5.75 Å². The molecule has 0 saturated carbocycles. The van der Waals surface area contributed by atoms with Crippen molar-refractivity contribution in [2.24, 2.45) is 0 Å². The largest absolute Gasteiger partial charge is 0.496 e. The van der Waals surface area contributed by atoms with Crippen molar-refractivity contribution >= 4 is 23.2 Å². The third kappa shape index (κ3) is 3.70. The van der Waals surface area contributed by atoms with Crippen LogP contribution in [0.15, 0.2) is 36.4 Å². The first-order valence-corrected chi connectivity index (χ1v) is 7.65.